The molecule has 1 N–H and O–H groups in total. The van der Waals surface area contributed by atoms with Crippen LogP contribution in [0.3, 0.4) is 0 Å². The summed E-state index contributed by atoms with van der Waals surface area (Å²) < 4.78 is 0. The fourth-order valence-electron chi connectivity index (χ4n) is 2.65. The molecule has 0 aliphatic carbocycles. The fourth-order valence-corrected chi connectivity index (χ4v) is 2.72. The third-order valence-electron chi connectivity index (χ3n) is 3.66. The Balaban J connectivity index is 2.42. The summed E-state index contributed by atoms with van der Waals surface area (Å²) in [5.74, 6) is 0.790. The number of rotatable bonds is 6. The molecule has 0 aromatic rings. The maximum absolute atomic E-state index is 5.74. The summed E-state index contributed by atoms with van der Waals surface area (Å²) >= 11 is 5.74. The minimum absolute atomic E-state index is 0.719. The zero-order valence-corrected chi connectivity index (χ0v) is 12.3. The van der Waals surface area contributed by atoms with Gasteiger partial charge in [-0.2, -0.15) is 0 Å². The van der Waals surface area contributed by atoms with Gasteiger partial charge >= 0.3 is 0 Å². The minimum atomic E-state index is 0.719. The molecule has 0 aromatic heterocycles. The Hall–Kier alpha value is -0.0500. The summed E-state index contributed by atoms with van der Waals surface area (Å²) in [6.45, 7) is 11.2. The highest BCUT2D eigenvalue weighted by molar-refractivity contribution is 6.25. The molecule has 1 fully saturated rings. The largest absolute Gasteiger partial charge is 0.314 e. The first-order valence-corrected chi connectivity index (χ1v) is 7.36. The van der Waals surface area contributed by atoms with Crippen molar-refractivity contribution in [2.24, 2.45) is 5.92 Å². The smallest absolute Gasteiger partial charge is 0.0202 e. The van der Waals surface area contributed by atoms with Crippen molar-refractivity contribution in [1.82, 2.24) is 10.2 Å². The van der Waals surface area contributed by atoms with Gasteiger partial charge in [0.2, 0.25) is 0 Å². The van der Waals surface area contributed by atoms with Crippen LogP contribution in [0.15, 0.2) is 11.1 Å². The van der Waals surface area contributed by atoms with Crippen LogP contribution in [0.5, 0.6) is 0 Å². The SMILES string of the molecule is CCCNC1CCN(CC(C)=CCl)CC1CC. The Kier molecular flexibility index (Phi) is 7.17. The molecule has 1 saturated heterocycles. The molecule has 0 radical (unpaired) electrons. The third-order valence-corrected chi connectivity index (χ3v) is 4.03. The van der Waals surface area contributed by atoms with E-state index in [9.17, 15) is 0 Å². The lowest BCUT2D eigenvalue weighted by atomic mass is 9.89. The Morgan fingerprint density at radius 3 is 2.82 bits per heavy atom. The zero-order chi connectivity index (χ0) is 12.7. The van der Waals surface area contributed by atoms with Gasteiger partial charge in [0, 0.05) is 24.7 Å². The molecule has 0 bridgehead atoms. The molecule has 0 saturated carbocycles. The second kappa shape index (κ2) is 8.12. The van der Waals surface area contributed by atoms with Crippen LogP contribution >= 0.6 is 11.6 Å². The summed E-state index contributed by atoms with van der Waals surface area (Å²) in [7, 11) is 0. The monoisotopic (exact) mass is 258 g/mol. The van der Waals surface area contributed by atoms with Crippen molar-refractivity contribution in [2.45, 2.75) is 46.1 Å². The summed E-state index contributed by atoms with van der Waals surface area (Å²) in [6.07, 6.45) is 3.76. The topological polar surface area (TPSA) is 15.3 Å². The average molecular weight is 259 g/mol. The van der Waals surface area contributed by atoms with E-state index >= 15 is 0 Å². The first kappa shape index (κ1) is 15.0. The molecule has 0 amide bonds. The van der Waals surface area contributed by atoms with E-state index in [2.05, 4.69) is 31.0 Å². The van der Waals surface area contributed by atoms with E-state index < -0.39 is 0 Å². The third kappa shape index (κ3) is 4.99. The molecule has 0 spiro atoms. The fraction of sp³-hybridized carbons (Fsp3) is 0.857. The lowest BCUT2D eigenvalue weighted by Gasteiger charge is -2.39. The van der Waals surface area contributed by atoms with Gasteiger partial charge in [-0.1, -0.05) is 31.9 Å². The van der Waals surface area contributed by atoms with Gasteiger partial charge in [0.15, 0.2) is 0 Å². The molecule has 3 heteroatoms. The highest BCUT2D eigenvalue weighted by Crippen LogP contribution is 2.21. The van der Waals surface area contributed by atoms with Gasteiger partial charge in [0.05, 0.1) is 0 Å². The molecule has 0 aromatic carbocycles. The molecular formula is C14H27ClN2. The molecule has 2 atom stereocenters. The molecule has 1 heterocycles. The van der Waals surface area contributed by atoms with Crippen molar-refractivity contribution in [2.75, 3.05) is 26.2 Å². The summed E-state index contributed by atoms with van der Waals surface area (Å²) in [5, 5.41) is 3.69. The van der Waals surface area contributed by atoms with Crippen LogP contribution in [0.1, 0.15) is 40.0 Å². The molecule has 1 aliphatic rings. The second-order valence-corrected chi connectivity index (χ2v) is 5.43. The lowest BCUT2D eigenvalue weighted by molar-refractivity contribution is 0.144. The highest BCUT2D eigenvalue weighted by atomic mass is 35.5. The van der Waals surface area contributed by atoms with Gasteiger partial charge in [-0.25, -0.2) is 0 Å². The van der Waals surface area contributed by atoms with E-state index in [-0.39, 0.29) is 0 Å². The van der Waals surface area contributed by atoms with Crippen LogP contribution in [0, 0.1) is 5.92 Å². The molecule has 17 heavy (non-hydrogen) atoms. The van der Waals surface area contributed by atoms with E-state index in [1.807, 2.05) is 0 Å². The maximum Gasteiger partial charge on any atom is 0.0202 e. The average Bonchev–Trinajstić information content (AvgIpc) is 2.36. The molecule has 100 valence electrons. The number of halogens is 1. The van der Waals surface area contributed by atoms with E-state index in [0.717, 1.165) is 25.0 Å². The Labute approximate surface area is 111 Å². The number of nitrogens with zero attached hydrogens (tertiary/aromatic N) is 1. The van der Waals surface area contributed by atoms with Crippen molar-refractivity contribution in [3.8, 4) is 0 Å². The van der Waals surface area contributed by atoms with Crippen molar-refractivity contribution in [3.05, 3.63) is 11.1 Å². The van der Waals surface area contributed by atoms with Gasteiger partial charge in [0.25, 0.3) is 0 Å². The molecule has 1 aliphatic heterocycles. The zero-order valence-electron chi connectivity index (χ0n) is 11.5. The summed E-state index contributed by atoms with van der Waals surface area (Å²) in [5.41, 5.74) is 2.98. The van der Waals surface area contributed by atoms with E-state index in [0.29, 0.717) is 0 Å². The van der Waals surface area contributed by atoms with Crippen molar-refractivity contribution >= 4 is 11.6 Å². The van der Waals surface area contributed by atoms with E-state index in [4.69, 9.17) is 11.6 Å². The van der Waals surface area contributed by atoms with Gasteiger partial charge < -0.3 is 5.32 Å². The van der Waals surface area contributed by atoms with Crippen LogP contribution in [0.25, 0.3) is 0 Å². The second-order valence-electron chi connectivity index (χ2n) is 5.21. The van der Waals surface area contributed by atoms with Gasteiger partial charge in [-0.15, -0.1) is 0 Å². The van der Waals surface area contributed by atoms with Crippen LogP contribution in [0.4, 0.5) is 0 Å². The van der Waals surface area contributed by atoms with Gasteiger partial charge in [0.1, 0.15) is 0 Å². The van der Waals surface area contributed by atoms with Crippen molar-refractivity contribution in [1.29, 1.82) is 0 Å². The lowest BCUT2D eigenvalue weighted by Crippen LogP contribution is -2.49. The number of hydrogen-bond acceptors (Lipinski definition) is 2. The van der Waals surface area contributed by atoms with Crippen LogP contribution < -0.4 is 5.32 Å². The van der Waals surface area contributed by atoms with Crippen molar-refractivity contribution < 1.29 is 0 Å². The maximum atomic E-state index is 5.74. The predicted octanol–water partition coefficient (Wildman–Crippen LogP) is 3.23. The van der Waals surface area contributed by atoms with E-state index in [1.54, 1.807) is 5.54 Å². The molecule has 2 unspecified atom stereocenters. The number of hydrogen-bond donors (Lipinski definition) is 1. The number of nitrogens with one attached hydrogen (secondary N) is 1. The number of likely N-dealkylation sites (tertiary alicyclic amines) is 1. The summed E-state index contributed by atoms with van der Waals surface area (Å²) in [6, 6.07) is 0.719. The van der Waals surface area contributed by atoms with Gasteiger partial charge in [-0.3, -0.25) is 4.90 Å². The highest BCUT2D eigenvalue weighted by Gasteiger charge is 2.27. The predicted molar refractivity (Wildman–Crippen MR) is 76.5 cm³/mol. The minimum Gasteiger partial charge on any atom is -0.314 e. The first-order chi connectivity index (χ1) is 8.21. The molecule has 2 nitrogen and oxygen atoms in total. The first-order valence-electron chi connectivity index (χ1n) is 6.92. The van der Waals surface area contributed by atoms with Gasteiger partial charge in [-0.05, 0) is 44.3 Å². The summed E-state index contributed by atoms with van der Waals surface area (Å²) in [4.78, 5) is 2.53. The normalized spacial score (nSPS) is 27.4. The Morgan fingerprint density at radius 2 is 2.24 bits per heavy atom. The van der Waals surface area contributed by atoms with E-state index in [1.165, 1.54) is 37.9 Å². The van der Waals surface area contributed by atoms with Crippen LogP contribution in [0.2, 0.25) is 0 Å². The van der Waals surface area contributed by atoms with Crippen LogP contribution in [-0.4, -0.2) is 37.1 Å². The van der Waals surface area contributed by atoms with Crippen molar-refractivity contribution in [3.63, 3.8) is 0 Å². The molecule has 1 rings (SSSR count). The number of piperidine rings is 1. The Bertz CT molecular complexity index is 240. The quantitative estimate of drug-likeness (QED) is 0.787. The standard InChI is InChI=1S/C14H27ClN2/c1-4-7-16-14-6-8-17(10-12(3)9-15)11-13(14)5-2/h9,13-14,16H,4-8,10-11H2,1-3H3. The van der Waals surface area contributed by atoms with Crippen LogP contribution in [-0.2, 0) is 0 Å². The molecular weight excluding hydrogens is 232 g/mol. The Morgan fingerprint density at radius 1 is 1.47 bits per heavy atom.